The number of imidazole rings is 2. The Kier molecular flexibility index (Phi) is 12.2. The maximum Gasteiger partial charge on any atom is 0.407 e. The molecule has 8 atom stereocenters. The Balaban J connectivity index is 0.901. The summed E-state index contributed by atoms with van der Waals surface area (Å²) in [6.45, 7) is 12.8. The van der Waals surface area contributed by atoms with E-state index in [0.29, 0.717) is 12.5 Å². The van der Waals surface area contributed by atoms with Crippen LogP contribution in [0.25, 0.3) is 44.3 Å². The van der Waals surface area contributed by atoms with Crippen LogP contribution in [0.4, 0.5) is 9.59 Å². The van der Waals surface area contributed by atoms with Gasteiger partial charge in [0.2, 0.25) is 11.8 Å². The molecule has 7 aliphatic rings. The number of H-pyrrole nitrogens is 2. The summed E-state index contributed by atoms with van der Waals surface area (Å²) >= 11 is 0. The first-order valence-corrected chi connectivity index (χ1v) is 24.7. The third-order valence-corrected chi connectivity index (χ3v) is 15.3. The molecule has 13 rings (SSSR count). The molecule has 4 amide bonds. The highest BCUT2D eigenvalue weighted by Crippen LogP contribution is 2.53. The number of fused-ring (bicyclic) bond motifs is 3. The number of amides is 4. The van der Waals surface area contributed by atoms with Crippen LogP contribution in [0.3, 0.4) is 0 Å². The summed E-state index contributed by atoms with van der Waals surface area (Å²) in [5, 5.41) is 5.54. The maximum atomic E-state index is 14.1. The largest absolute Gasteiger partial charge is 0.453 e. The normalized spacial score (nSPS) is 22.7. The fourth-order valence-electron chi connectivity index (χ4n) is 11.3. The van der Waals surface area contributed by atoms with Gasteiger partial charge in [-0.3, -0.25) is 9.59 Å². The molecular formula is C55H64N8O6. The van der Waals surface area contributed by atoms with E-state index >= 15 is 0 Å². The van der Waals surface area contributed by atoms with Gasteiger partial charge in [0.05, 0.1) is 48.4 Å². The van der Waals surface area contributed by atoms with Crippen LogP contribution in [0.5, 0.6) is 0 Å². The van der Waals surface area contributed by atoms with Crippen molar-refractivity contribution >= 4 is 46.1 Å². The van der Waals surface area contributed by atoms with Gasteiger partial charge in [0, 0.05) is 12.6 Å². The van der Waals surface area contributed by atoms with E-state index in [2.05, 4.69) is 107 Å². The molecule has 4 heterocycles. The van der Waals surface area contributed by atoms with Crippen LogP contribution in [0.1, 0.15) is 113 Å². The number of rotatable bonds is 10. The van der Waals surface area contributed by atoms with E-state index < -0.39 is 24.3 Å². The molecule has 6 aromatic rings. The van der Waals surface area contributed by atoms with Gasteiger partial charge in [0.1, 0.15) is 23.7 Å². The molecule has 1 saturated carbocycles. The number of aromatic amines is 2. The standard InChI is InChI=1S/C55H64N8O6/c1-28(2)48(60-54(66)68-7)52(64)62-27-30(5)19-46(62)50-56-41-17-15-36(23-43(41)58-50)39-21-32-9-11-33-13-14-34(31(6)20-35(39)12-10-32)22-40(33)37-16-18-42-44(24-37)59-51(57-42)47-26-38-25-45(38)63(47)53(65)49(29(3)4)61-55(67)69-8/h10,12-18,21-24,28-31,38,45-49H,9,11,19-20,25-27H2,1-8H3,(H,56,58)(H,57,59)(H,60,66)(H,61,67)/t30-,31-,38-,45?,46?,47+,48+,49+/m1/s1. The first kappa shape index (κ1) is 46.1. The number of aryl methyl sites for hydroxylation is 2. The lowest BCUT2D eigenvalue weighted by Crippen LogP contribution is -2.52. The number of hydrogen-bond donors (Lipinski definition) is 4. The summed E-state index contributed by atoms with van der Waals surface area (Å²) in [6.07, 6.45) is 3.94. The van der Waals surface area contributed by atoms with Gasteiger partial charge in [0.25, 0.3) is 0 Å². The highest BCUT2D eigenvalue weighted by molar-refractivity contribution is 5.89. The van der Waals surface area contributed by atoms with E-state index in [1.807, 2.05) is 37.5 Å². The summed E-state index contributed by atoms with van der Waals surface area (Å²) in [5.41, 5.74) is 13.3. The molecule has 14 nitrogen and oxygen atoms in total. The average Bonchev–Trinajstić information content (AvgIpc) is 3.72. The molecule has 2 aliphatic heterocycles. The molecule has 4 bridgehead atoms. The van der Waals surface area contributed by atoms with Gasteiger partial charge in [-0.05, 0) is 137 Å². The van der Waals surface area contributed by atoms with Crippen molar-refractivity contribution in [2.75, 3.05) is 20.8 Å². The van der Waals surface area contributed by atoms with Gasteiger partial charge >= 0.3 is 12.2 Å². The topological polar surface area (TPSA) is 175 Å². The number of methoxy groups -OCH3 is 2. The van der Waals surface area contributed by atoms with E-state index in [-0.39, 0.29) is 53.6 Å². The van der Waals surface area contributed by atoms with Crippen molar-refractivity contribution in [3.05, 3.63) is 107 Å². The van der Waals surface area contributed by atoms with Crippen LogP contribution in [0.2, 0.25) is 0 Å². The lowest BCUT2D eigenvalue weighted by atomic mass is 9.84. The van der Waals surface area contributed by atoms with Crippen molar-refractivity contribution in [1.82, 2.24) is 40.4 Å². The summed E-state index contributed by atoms with van der Waals surface area (Å²) < 4.78 is 9.71. The molecule has 3 fully saturated rings. The fraction of sp³-hybridized carbons (Fsp3) is 0.455. The van der Waals surface area contributed by atoms with Crippen molar-refractivity contribution < 1.29 is 28.7 Å². The van der Waals surface area contributed by atoms with Gasteiger partial charge in [-0.15, -0.1) is 0 Å². The SMILES string of the molecule is COC(=O)N[C@H](C(=O)N1C[C@H](C)CC1c1nc2cc(-c3cc4ccc3C[C@@H](C)c3ccc(c(-c5ccc6[nH]c([C@@H]7C[C@H]8CC8N7C(=O)[C@@H](NC(=O)OC)C(C)C)nc6c5)c3)CC4)ccc2[nH]1)C(C)C. The Labute approximate surface area is 403 Å². The van der Waals surface area contributed by atoms with E-state index in [1.54, 1.807) is 0 Å². The van der Waals surface area contributed by atoms with Gasteiger partial charge in [-0.2, -0.15) is 0 Å². The summed E-state index contributed by atoms with van der Waals surface area (Å²) in [6, 6.07) is 25.2. The van der Waals surface area contributed by atoms with E-state index in [0.717, 1.165) is 83.4 Å². The first-order valence-electron chi connectivity index (χ1n) is 24.7. The Morgan fingerprint density at radius 2 is 1.26 bits per heavy atom. The highest BCUT2D eigenvalue weighted by atomic mass is 16.5. The number of ether oxygens (including phenoxy) is 2. The second-order valence-corrected chi connectivity index (χ2v) is 20.8. The monoisotopic (exact) mass is 932 g/mol. The molecule has 360 valence electrons. The van der Waals surface area contributed by atoms with Crippen LogP contribution in [-0.2, 0) is 38.3 Å². The minimum Gasteiger partial charge on any atom is -0.453 e. The average molecular weight is 933 g/mol. The third-order valence-electron chi connectivity index (χ3n) is 15.3. The Hall–Kier alpha value is -6.70. The summed E-state index contributed by atoms with van der Waals surface area (Å²) in [4.78, 5) is 73.7. The van der Waals surface area contributed by atoms with Crippen LogP contribution in [0.15, 0.2) is 72.8 Å². The second-order valence-electron chi connectivity index (χ2n) is 20.8. The van der Waals surface area contributed by atoms with Crippen molar-refractivity contribution in [2.45, 2.75) is 116 Å². The molecule has 69 heavy (non-hydrogen) atoms. The number of hydrogen-bond acceptors (Lipinski definition) is 8. The van der Waals surface area contributed by atoms with Crippen molar-refractivity contribution in [3.63, 3.8) is 0 Å². The smallest absolute Gasteiger partial charge is 0.407 e. The number of aromatic nitrogens is 4. The summed E-state index contributed by atoms with van der Waals surface area (Å²) in [5.74, 6) is 2.03. The molecule has 2 aromatic heterocycles. The molecule has 2 saturated heterocycles. The number of alkyl carbamates (subject to hydrolysis) is 2. The van der Waals surface area contributed by atoms with Gasteiger partial charge < -0.3 is 39.9 Å². The molecule has 4 N–H and O–H groups in total. The quantitative estimate of drug-likeness (QED) is 0.105. The van der Waals surface area contributed by atoms with E-state index in [9.17, 15) is 19.2 Å². The zero-order chi connectivity index (χ0) is 48.4. The molecule has 2 unspecified atom stereocenters. The van der Waals surface area contributed by atoms with Crippen LogP contribution in [-0.4, -0.2) is 92.6 Å². The molecule has 0 spiro atoms. The summed E-state index contributed by atoms with van der Waals surface area (Å²) in [7, 11) is 2.62. The lowest BCUT2D eigenvalue weighted by Gasteiger charge is -2.31. The number of nitrogens with zero attached hydrogens (tertiary/aromatic N) is 4. The molecule has 14 heteroatoms. The number of piperidine rings is 1. The number of likely N-dealkylation sites (tertiary alicyclic amines) is 2. The van der Waals surface area contributed by atoms with Gasteiger partial charge in [-0.25, -0.2) is 19.6 Å². The van der Waals surface area contributed by atoms with E-state index in [4.69, 9.17) is 19.4 Å². The van der Waals surface area contributed by atoms with Gasteiger partial charge in [-0.1, -0.05) is 90.1 Å². The lowest BCUT2D eigenvalue weighted by molar-refractivity contribution is -0.137. The second kappa shape index (κ2) is 18.3. The zero-order valence-corrected chi connectivity index (χ0v) is 40.9. The van der Waals surface area contributed by atoms with E-state index in [1.165, 1.54) is 47.6 Å². The van der Waals surface area contributed by atoms with Crippen molar-refractivity contribution in [3.8, 4) is 22.3 Å². The number of nitrogens with one attached hydrogen (secondary N) is 4. The van der Waals surface area contributed by atoms with Gasteiger partial charge in [0.15, 0.2) is 0 Å². The zero-order valence-electron chi connectivity index (χ0n) is 40.9. The third kappa shape index (κ3) is 8.82. The number of carbonyl (C=O) groups is 4. The fourth-order valence-corrected chi connectivity index (χ4v) is 11.3. The first-order chi connectivity index (χ1) is 33.2. The number of benzene rings is 4. The molecule has 5 aliphatic carbocycles. The minimum absolute atomic E-state index is 0.0880. The van der Waals surface area contributed by atoms with Crippen LogP contribution >= 0.6 is 0 Å². The molecule has 0 radical (unpaired) electrons. The number of carbonyl (C=O) groups excluding carboxylic acids is 4. The highest BCUT2D eigenvalue weighted by Gasteiger charge is 2.56. The maximum absolute atomic E-state index is 14.1. The minimum atomic E-state index is -0.706. The predicted octanol–water partition coefficient (Wildman–Crippen LogP) is 9.55. The van der Waals surface area contributed by atoms with Crippen molar-refractivity contribution in [1.29, 1.82) is 0 Å². The molecule has 4 aromatic carbocycles. The predicted molar refractivity (Wildman–Crippen MR) is 265 cm³/mol. The Morgan fingerprint density at radius 1 is 0.667 bits per heavy atom. The Bertz CT molecular complexity index is 2970. The molecular weight excluding hydrogens is 869 g/mol. The van der Waals surface area contributed by atoms with Crippen LogP contribution in [0, 0.1) is 23.7 Å². The van der Waals surface area contributed by atoms with Crippen LogP contribution < -0.4 is 10.6 Å². The Morgan fingerprint density at radius 3 is 1.88 bits per heavy atom. The van der Waals surface area contributed by atoms with Crippen molar-refractivity contribution in [2.24, 2.45) is 23.7 Å².